The van der Waals surface area contributed by atoms with Gasteiger partial charge in [0, 0.05) is 23.1 Å². The highest BCUT2D eigenvalue weighted by molar-refractivity contribution is 8.00. The highest BCUT2D eigenvalue weighted by Crippen LogP contribution is 2.37. The second-order valence-corrected chi connectivity index (χ2v) is 5.81. The van der Waals surface area contributed by atoms with Crippen molar-refractivity contribution >= 4 is 17.6 Å². The molecule has 2 heterocycles. The first-order valence-electron chi connectivity index (χ1n) is 6.38. The van der Waals surface area contributed by atoms with Gasteiger partial charge in [-0.25, -0.2) is 4.98 Å². The predicted molar refractivity (Wildman–Crippen MR) is 75.2 cm³/mol. The van der Waals surface area contributed by atoms with Gasteiger partial charge in [0.15, 0.2) is 0 Å². The lowest BCUT2D eigenvalue weighted by Crippen LogP contribution is -2.30. The monoisotopic (exact) mass is 251 g/mol. The van der Waals surface area contributed by atoms with E-state index in [9.17, 15) is 0 Å². The summed E-state index contributed by atoms with van der Waals surface area (Å²) in [6.45, 7) is 3.23. The van der Waals surface area contributed by atoms with Gasteiger partial charge in [-0.05, 0) is 37.6 Å². The summed E-state index contributed by atoms with van der Waals surface area (Å²) in [6.07, 6.45) is 5.51. The van der Waals surface area contributed by atoms with E-state index in [1.54, 1.807) is 6.20 Å². The van der Waals surface area contributed by atoms with Gasteiger partial charge >= 0.3 is 0 Å². The summed E-state index contributed by atoms with van der Waals surface area (Å²) in [7, 11) is 0. The van der Waals surface area contributed by atoms with E-state index in [4.69, 9.17) is 5.73 Å². The standard InChI is InChI=1S/C13H21N3S/c1-2-7-15-12(11-6-4-9-17-11)10-5-3-8-16-13(10)14/h3,5,8,11-12,15H,2,4,6-7,9H2,1H3,(H2,14,16). The van der Waals surface area contributed by atoms with Crippen molar-refractivity contribution in [2.24, 2.45) is 0 Å². The lowest BCUT2D eigenvalue weighted by molar-refractivity contribution is 0.503. The molecule has 0 aliphatic carbocycles. The van der Waals surface area contributed by atoms with Gasteiger partial charge < -0.3 is 11.1 Å². The molecule has 0 amide bonds. The average Bonchev–Trinajstić information content (AvgIpc) is 2.85. The number of aromatic nitrogens is 1. The van der Waals surface area contributed by atoms with E-state index in [0.29, 0.717) is 17.1 Å². The number of nitrogens with zero attached hydrogens (tertiary/aromatic N) is 1. The van der Waals surface area contributed by atoms with Crippen LogP contribution in [0.5, 0.6) is 0 Å². The molecule has 17 heavy (non-hydrogen) atoms. The molecule has 1 aliphatic rings. The number of nitrogens with one attached hydrogen (secondary N) is 1. The SMILES string of the molecule is CCCNC(c1cccnc1N)C1CCCS1. The molecule has 0 spiro atoms. The minimum Gasteiger partial charge on any atom is -0.383 e. The van der Waals surface area contributed by atoms with E-state index >= 15 is 0 Å². The van der Waals surface area contributed by atoms with Crippen LogP contribution in [0.25, 0.3) is 0 Å². The Labute approximate surface area is 108 Å². The van der Waals surface area contributed by atoms with Crippen molar-refractivity contribution in [2.75, 3.05) is 18.0 Å². The number of nitrogens with two attached hydrogens (primary N) is 1. The van der Waals surface area contributed by atoms with E-state index in [1.165, 1.54) is 24.2 Å². The third-order valence-corrected chi connectivity index (χ3v) is 4.62. The first-order valence-corrected chi connectivity index (χ1v) is 7.43. The summed E-state index contributed by atoms with van der Waals surface area (Å²) < 4.78 is 0. The van der Waals surface area contributed by atoms with Gasteiger partial charge in [-0.1, -0.05) is 13.0 Å². The molecule has 4 heteroatoms. The minimum atomic E-state index is 0.358. The number of nitrogen functional groups attached to an aromatic ring is 1. The van der Waals surface area contributed by atoms with Crippen LogP contribution in [0.4, 0.5) is 5.82 Å². The molecule has 3 N–H and O–H groups in total. The lowest BCUT2D eigenvalue weighted by Gasteiger charge is -2.25. The number of thioether (sulfide) groups is 1. The molecule has 0 aromatic carbocycles. The highest BCUT2D eigenvalue weighted by Gasteiger charge is 2.27. The maximum absolute atomic E-state index is 6.00. The van der Waals surface area contributed by atoms with E-state index < -0.39 is 0 Å². The molecule has 2 atom stereocenters. The van der Waals surface area contributed by atoms with Crippen LogP contribution in [0.15, 0.2) is 18.3 Å². The van der Waals surface area contributed by atoms with Crippen molar-refractivity contribution in [3.05, 3.63) is 23.9 Å². The van der Waals surface area contributed by atoms with Gasteiger partial charge in [-0.15, -0.1) is 0 Å². The third-order valence-electron chi connectivity index (χ3n) is 3.16. The van der Waals surface area contributed by atoms with Gasteiger partial charge in [0.05, 0.1) is 0 Å². The van der Waals surface area contributed by atoms with Crippen LogP contribution < -0.4 is 11.1 Å². The molecule has 94 valence electrons. The second kappa shape index (κ2) is 6.26. The molecular weight excluding hydrogens is 230 g/mol. The van der Waals surface area contributed by atoms with Crippen molar-refractivity contribution in [1.82, 2.24) is 10.3 Å². The quantitative estimate of drug-likeness (QED) is 0.844. The maximum Gasteiger partial charge on any atom is 0.128 e. The minimum absolute atomic E-state index is 0.358. The summed E-state index contributed by atoms with van der Waals surface area (Å²) in [5.41, 5.74) is 7.17. The molecule has 2 unspecified atom stereocenters. The largest absolute Gasteiger partial charge is 0.383 e. The Balaban J connectivity index is 2.16. The van der Waals surface area contributed by atoms with E-state index in [-0.39, 0.29) is 0 Å². The van der Waals surface area contributed by atoms with Crippen LogP contribution >= 0.6 is 11.8 Å². The lowest BCUT2D eigenvalue weighted by atomic mass is 10.0. The number of anilines is 1. The Morgan fingerprint density at radius 3 is 3.18 bits per heavy atom. The molecule has 1 saturated heterocycles. The first-order chi connectivity index (χ1) is 8.33. The van der Waals surface area contributed by atoms with Crippen LogP contribution in [0.1, 0.15) is 37.8 Å². The van der Waals surface area contributed by atoms with Gasteiger partial charge in [-0.2, -0.15) is 11.8 Å². The van der Waals surface area contributed by atoms with Gasteiger partial charge in [0.1, 0.15) is 5.82 Å². The van der Waals surface area contributed by atoms with Crippen molar-refractivity contribution in [3.63, 3.8) is 0 Å². The fourth-order valence-corrected chi connectivity index (χ4v) is 3.70. The predicted octanol–water partition coefficient (Wildman–Crippen LogP) is 2.60. The molecular formula is C13H21N3S. The summed E-state index contributed by atoms with van der Waals surface area (Å²) in [5.74, 6) is 1.95. The number of hydrogen-bond donors (Lipinski definition) is 2. The van der Waals surface area contributed by atoms with Gasteiger partial charge in [0.25, 0.3) is 0 Å². The molecule has 2 rings (SSSR count). The fraction of sp³-hybridized carbons (Fsp3) is 0.615. The average molecular weight is 251 g/mol. The van der Waals surface area contributed by atoms with Gasteiger partial charge in [-0.3, -0.25) is 0 Å². The molecule has 1 aliphatic heterocycles. The van der Waals surface area contributed by atoms with E-state index in [0.717, 1.165) is 13.0 Å². The number of pyridine rings is 1. The Hall–Kier alpha value is -0.740. The van der Waals surface area contributed by atoms with Crippen molar-refractivity contribution in [3.8, 4) is 0 Å². The van der Waals surface area contributed by atoms with Crippen molar-refractivity contribution in [1.29, 1.82) is 0 Å². The summed E-state index contributed by atoms with van der Waals surface area (Å²) >= 11 is 2.06. The number of rotatable bonds is 5. The van der Waals surface area contributed by atoms with Crippen LogP contribution in [0.2, 0.25) is 0 Å². The maximum atomic E-state index is 6.00. The Morgan fingerprint density at radius 2 is 2.53 bits per heavy atom. The van der Waals surface area contributed by atoms with Gasteiger partial charge in [0.2, 0.25) is 0 Å². The molecule has 0 bridgehead atoms. The topological polar surface area (TPSA) is 50.9 Å². The van der Waals surface area contributed by atoms with Crippen LogP contribution in [0, 0.1) is 0 Å². The van der Waals surface area contributed by atoms with Crippen LogP contribution in [-0.2, 0) is 0 Å². The zero-order chi connectivity index (χ0) is 12.1. The Morgan fingerprint density at radius 1 is 1.65 bits per heavy atom. The zero-order valence-electron chi connectivity index (χ0n) is 10.4. The van der Waals surface area contributed by atoms with E-state index in [1.807, 2.05) is 6.07 Å². The smallest absolute Gasteiger partial charge is 0.128 e. The molecule has 1 fully saturated rings. The summed E-state index contributed by atoms with van der Waals surface area (Å²) in [5, 5.41) is 4.27. The molecule has 1 aromatic heterocycles. The van der Waals surface area contributed by atoms with Crippen LogP contribution in [0.3, 0.4) is 0 Å². The Bertz CT molecular complexity index is 350. The highest BCUT2D eigenvalue weighted by atomic mass is 32.2. The molecule has 3 nitrogen and oxygen atoms in total. The molecule has 1 aromatic rings. The second-order valence-electron chi connectivity index (χ2n) is 4.46. The summed E-state index contributed by atoms with van der Waals surface area (Å²) in [6, 6.07) is 4.44. The van der Waals surface area contributed by atoms with Crippen LogP contribution in [-0.4, -0.2) is 22.5 Å². The van der Waals surface area contributed by atoms with E-state index in [2.05, 4.69) is 35.1 Å². The first kappa shape index (κ1) is 12.7. The fourth-order valence-electron chi connectivity index (χ4n) is 2.30. The van der Waals surface area contributed by atoms with Crippen molar-refractivity contribution < 1.29 is 0 Å². The number of hydrogen-bond acceptors (Lipinski definition) is 4. The Kier molecular flexibility index (Phi) is 4.68. The van der Waals surface area contributed by atoms with Crippen molar-refractivity contribution in [2.45, 2.75) is 37.5 Å². The molecule has 0 radical (unpaired) electrons. The normalized spacial score (nSPS) is 21.6. The molecule has 0 saturated carbocycles. The summed E-state index contributed by atoms with van der Waals surface area (Å²) in [4.78, 5) is 4.21. The zero-order valence-corrected chi connectivity index (χ0v) is 11.2. The third kappa shape index (κ3) is 3.13.